The van der Waals surface area contributed by atoms with Crippen LogP contribution in [0, 0.1) is 0 Å². The van der Waals surface area contributed by atoms with Crippen LogP contribution in [0.1, 0.15) is 5.56 Å². The van der Waals surface area contributed by atoms with E-state index in [0.717, 1.165) is 16.1 Å². The van der Waals surface area contributed by atoms with E-state index in [1.54, 1.807) is 36.3 Å². The largest absolute Gasteiger partial charge is 0.326 e. The van der Waals surface area contributed by atoms with Gasteiger partial charge < -0.3 is 5.32 Å². The summed E-state index contributed by atoms with van der Waals surface area (Å²) in [7, 11) is 0. The Morgan fingerprint density at radius 3 is 2.67 bits per heavy atom. The lowest BCUT2D eigenvalue weighted by molar-refractivity contribution is -0.115. The van der Waals surface area contributed by atoms with Crippen molar-refractivity contribution in [3.05, 3.63) is 54.4 Å². The number of hydrogen-bond acceptors (Lipinski definition) is 3. The molecule has 0 saturated heterocycles. The Bertz CT molecular complexity index is 528. The van der Waals surface area contributed by atoms with Gasteiger partial charge in [0.15, 0.2) is 0 Å². The van der Waals surface area contributed by atoms with E-state index in [-0.39, 0.29) is 5.91 Å². The number of carbonyl (C=O) groups is 1. The van der Waals surface area contributed by atoms with Gasteiger partial charge in [0.25, 0.3) is 0 Å². The van der Waals surface area contributed by atoms with Crippen molar-refractivity contribution in [1.82, 2.24) is 4.98 Å². The van der Waals surface area contributed by atoms with Gasteiger partial charge in [0.1, 0.15) is 0 Å². The maximum Gasteiger partial charge on any atom is 0.228 e. The first kappa shape index (κ1) is 12.6. The number of benzene rings is 1. The van der Waals surface area contributed by atoms with Gasteiger partial charge in [0, 0.05) is 23.0 Å². The normalized spacial score (nSPS) is 10.1. The molecule has 0 saturated carbocycles. The van der Waals surface area contributed by atoms with Crippen molar-refractivity contribution < 1.29 is 4.79 Å². The third kappa shape index (κ3) is 3.34. The van der Waals surface area contributed by atoms with Crippen LogP contribution in [0.5, 0.6) is 0 Å². The standard InChI is InChI=1S/C14H14N2OS/c1-18-13-5-3-2-4-11(13)10-14(17)16-12-6-8-15-9-7-12/h2-9H,10H2,1H3,(H,15,16,17). The van der Waals surface area contributed by atoms with Crippen molar-refractivity contribution >= 4 is 23.4 Å². The van der Waals surface area contributed by atoms with Crippen molar-refractivity contribution in [2.75, 3.05) is 11.6 Å². The van der Waals surface area contributed by atoms with Gasteiger partial charge in [-0.05, 0) is 30.0 Å². The zero-order valence-electron chi connectivity index (χ0n) is 10.1. The first-order valence-electron chi connectivity index (χ1n) is 5.61. The lowest BCUT2D eigenvalue weighted by Gasteiger charge is -2.07. The summed E-state index contributed by atoms with van der Waals surface area (Å²) in [6.45, 7) is 0. The minimum absolute atomic E-state index is 0.0114. The molecule has 18 heavy (non-hydrogen) atoms. The molecule has 1 amide bonds. The Labute approximate surface area is 111 Å². The molecule has 0 spiro atoms. The predicted molar refractivity (Wildman–Crippen MR) is 74.8 cm³/mol. The van der Waals surface area contributed by atoms with Crippen molar-refractivity contribution in [2.24, 2.45) is 0 Å². The molecule has 0 radical (unpaired) electrons. The molecule has 0 fully saturated rings. The Morgan fingerprint density at radius 2 is 1.94 bits per heavy atom. The summed E-state index contributed by atoms with van der Waals surface area (Å²) in [5.41, 5.74) is 1.83. The first-order valence-corrected chi connectivity index (χ1v) is 6.84. The van der Waals surface area contributed by atoms with Gasteiger partial charge in [-0.25, -0.2) is 0 Å². The molecular weight excluding hydrogens is 244 g/mol. The molecule has 92 valence electrons. The van der Waals surface area contributed by atoms with E-state index >= 15 is 0 Å². The second-order valence-corrected chi connectivity index (χ2v) is 4.62. The van der Waals surface area contributed by atoms with Crippen molar-refractivity contribution in [2.45, 2.75) is 11.3 Å². The summed E-state index contributed by atoms with van der Waals surface area (Å²) in [6.07, 6.45) is 5.72. The SMILES string of the molecule is CSc1ccccc1CC(=O)Nc1ccncc1. The minimum atomic E-state index is -0.0114. The predicted octanol–water partition coefficient (Wildman–Crippen LogP) is 2.98. The van der Waals surface area contributed by atoms with E-state index in [9.17, 15) is 4.79 Å². The zero-order chi connectivity index (χ0) is 12.8. The van der Waals surface area contributed by atoms with Gasteiger partial charge in [-0.1, -0.05) is 18.2 Å². The molecule has 3 nitrogen and oxygen atoms in total. The molecule has 0 aliphatic carbocycles. The fourth-order valence-corrected chi connectivity index (χ4v) is 2.28. The molecule has 0 aliphatic heterocycles. The fourth-order valence-electron chi connectivity index (χ4n) is 1.66. The number of nitrogens with zero attached hydrogens (tertiary/aromatic N) is 1. The van der Waals surface area contributed by atoms with Crippen LogP contribution in [0.15, 0.2) is 53.7 Å². The smallest absolute Gasteiger partial charge is 0.228 e. The van der Waals surface area contributed by atoms with Crippen LogP contribution in [0.25, 0.3) is 0 Å². The highest BCUT2D eigenvalue weighted by atomic mass is 32.2. The molecule has 1 heterocycles. The third-order valence-electron chi connectivity index (χ3n) is 2.51. The van der Waals surface area contributed by atoms with Crippen molar-refractivity contribution in [3.8, 4) is 0 Å². The fraction of sp³-hybridized carbons (Fsp3) is 0.143. The van der Waals surface area contributed by atoms with Gasteiger partial charge in [-0.2, -0.15) is 0 Å². The highest BCUT2D eigenvalue weighted by molar-refractivity contribution is 7.98. The van der Waals surface area contributed by atoms with Crippen molar-refractivity contribution in [1.29, 1.82) is 0 Å². The molecule has 0 bridgehead atoms. The van der Waals surface area contributed by atoms with E-state index < -0.39 is 0 Å². The lowest BCUT2D eigenvalue weighted by atomic mass is 10.1. The van der Waals surface area contributed by atoms with Crippen molar-refractivity contribution in [3.63, 3.8) is 0 Å². The number of nitrogens with one attached hydrogen (secondary N) is 1. The molecule has 2 rings (SSSR count). The highest BCUT2D eigenvalue weighted by Crippen LogP contribution is 2.20. The number of rotatable bonds is 4. The molecule has 0 aliphatic rings. The highest BCUT2D eigenvalue weighted by Gasteiger charge is 2.07. The maximum atomic E-state index is 11.9. The van der Waals surface area contributed by atoms with Crippen LogP contribution < -0.4 is 5.32 Å². The average Bonchev–Trinajstić information content (AvgIpc) is 2.40. The van der Waals surface area contributed by atoms with Crippen LogP contribution in [-0.4, -0.2) is 17.1 Å². The Balaban J connectivity index is 2.03. The Kier molecular flexibility index (Phi) is 4.36. The van der Waals surface area contributed by atoms with Gasteiger partial charge in [0.05, 0.1) is 6.42 Å². The van der Waals surface area contributed by atoms with Crippen LogP contribution in [0.2, 0.25) is 0 Å². The molecular formula is C14H14N2OS. The average molecular weight is 258 g/mol. The van der Waals surface area contributed by atoms with E-state index in [4.69, 9.17) is 0 Å². The number of amides is 1. The summed E-state index contributed by atoms with van der Waals surface area (Å²) >= 11 is 1.65. The number of hydrogen-bond donors (Lipinski definition) is 1. The number of pyridine rings is 1. The first-order chi connectivity index (χ1) is 8.79. The van der Waals surface area contributed by atoms with E-state index in [1.165, 1.54) is 0 Å². The second kappa shape index (κ2) is 6.21. The Morgan fingerprint density at radius 1 is 1.22 bits per heavy atom. The summed E-state index contributed by atoms with van der Waals surface area (Å²) < 4.78 is 0. The summed E-state index contributed by atoms with van der Waals surface area (Å²) in [5, 5.41) is 2.85. The minimum Gasteiger partial charge on any atom is -0.326 e. The summed E-state index contributed by atoms with van der Waals surface area (Å²) in [5.74, 6) is -0.0114. The van der Waals surface area contributed by atoms with Gasteiger partial charge in [-0.15, -0.1) is 11.8 Å². The quantitative estimate of drug-likeness (QED) is 0.857. The topological polar surface area (TPSA) is 42.0 Å². The zero-order valence-corrected chi connectivity index (χ0v) is 10.9. The number of aromatic nitrogens is 1. The summed E-state index contributed by atoms with van der Waals surface area (Å²) in [6, 6.07) is 11.5. The maximum absolute atomic E-state index is 11.9. The van der Waals surface area contributed by atoms with E-state index in [1.807, 2.05) is 30.5 Å². The molecule has 2 aromatic rings. The van der Waals surface area contributed by atoms with Gasteiger partial charge in [0.2, 0.25) is 5.91 Å². The van der Waals surface area contributed by atoms with Gasteiger partial charge >= 0.3 is 0 Å². The molecule has 4 heteroatoms. The molecule has 0 atom stereocenters. The number of anilines is 1. The molecule has 0 unspecified atom stereocenters. The number of carbonyl (C=O) groups excluding carboxylic acids is 1. The lowest BCUT2D eigenvalue weighted by Crippen LogP contribution is -2.14. The second-order valence-electron chi connectivity index (χ2n) is 3.77. The Hall–Kier alpha value is -1.81. The molecule has 1 N–H and O–H groups in total. The third-order valence-corrected chi connectivity index (χ3v) is 3.35. The molecule has 1 aromatic carbocycles. The van der Waals surface area contributed by atoms with Crippen LogP contribution in [-0.2, 0) is 11.2 Å². The monoisotopic (exact) mass is 258 g/mol. The summed E-state index contributed by atoms with van der Waals surface area (Å²) in [4.78, 5) is 17.0. The van der Waals surface area contributed by atoms with Crippen LogP contribution in [0.4, 0.5) is 5.69 Å². The van der Waals surface area contributed by atoms with Crippen LogP contribution >= 0.6 is 11.8 Å². The van der Waals surface area contributed by atoms with E-state index in [2.05, 4.69) is 10.3 Å². The van der Waals surface area contributed by atoms with Crippen LogP contribution in [0.3, 0.4) is 0 Å². The number of thioether (sulfide) groups is 1. The van der Waals surface area contributed by atoms with E-state index in [0.29, 0.717) is 6.42 Å². The van der Waals surface area contributed by atoms with Gasteiger partial charge in [-0.3, -0.25) is 9.78 Å². The molecule has 1 aromatic heterocycles.